The van der Waals surface area contributed by atoms with E-state index in [1.165, 1.54) is 55.5 Å². The predicted molar refractivity (Wildman–Crippen MR) is 334 cm³/mol. The third-order valence-corrected chi connectivity index (χ3v) is 16.2. The Bertz CT molecular complexity index is 4460. The van der Waals surface area contributed by atoms with Crippen LogP contribution < -0.4 is 26.2 Å². The van der Waals surface area contributed by atoms with Gasteiger partial charge in [0.25, 0.3) is 6.71 Å². The summed E-state index contributed by atoms with van der Waals surface area (Å²) in [7, 11) is 0. The number of nitrogens with zero attached hydrogens (tertiary/aromatic N) is 6. The van der Waals surface area contributed by atoms with Gasteiger partial charge in [0.05, 0.1) is 22.4 Å². The molecular weight excluding hydrogens is 972 g/mol. The quantitative estimate of drug-likeness (QED) is 0.142. The molecule has 0 unspecified atom stereocenters. The Morgan fingerprint density at radius 3 is 1.48 bits per heavy atom. The Labute approximate surface area is 466 Å². The van der Waals surface area contributed by atoms with E-state index in [-0.39, 0.29) is 12.1 Å². The van der Waals surface area contributed by atoms with E-state index in [0.717, 1.165) is 67.0 Å². The van der Waals surface area contributed by atoms with Gasteiger partial charge in [-0.15, -0.1) is 0 Å². The molecule has 0 radical (unpaired) electrons. The van der Waals surface area contributed by atoms with E-state index in [1.807, 2.05) is 36.4 Å². The highest BCUT2D eigenvalue weighted by Crippen LogP contribution is 2.49. The van der Waals surface area contributed by atoms with Crippen molar-refractivity contribution in [1.29, 1.82) is 0 Å². The molecule has 378 valence electrons. The second-order valence-corrected chi connectivity index (χ2v) is 22.0. The van der Waals surface area contributed by atoms with Crippen LogP contribution in [0.2, 0.25) is 0 Å². The lowest BCUT2D eigenvalue weighted by Crippen LogP contribution is -2.61. The average molecular weight is 1030 g/mol. The molecule has 2 aromatic heterocycles. The maximum atomic E-state index is 5.26. The molecule has 0 saturated heterocycles. The van der Waals surface area contributed by atoms with Crippen molar-refractivity contribution in [2.45, 2.75) is 26.2 Å². The molecule has 7 heteroatoms. The molecular formula is C73H53BN6. The summed E-state index contributed by atoms with van der Waals surface area (Å²) in [4.78, 5) is 20.6. The summed E-state index contributed by atoms with van der Waals surface area (Å²) in [6, 6.07) is 96.6. The minimum Gasteiger partial charge on any atom is -0.311 e. The first-order valence-corrected chi connectivity index (χ1v) is 27.6. The van der Waals surface area contributed by atoms with Gasteiger partial charge in [-0.3, -0.25) is 0 Å². The van der Waals surface area contributed by atoms with E-state index in [9.17, 15) is 0 Å². The first-order valence-electron chi connectivity index (χ1n) is 27.6. The van der Waals surface area contributed by atoms with E-state index in [4.69, 9.17) is 15.0 Å². The molecule has 0 N–H and O–H groups in total. The van der Waals surface area contributed by atoms with Gasteiger partial charge in [-0.2, -0.15) is 0 Å². The van der Waals surface area contributed by atoms with Crippen LogP contribution in [-0.2, 0) is 5.41 Å². The molecule has 0 spiro atoms. The molecule has 80 heavy (non-hydrogen) atoms. The fourth-order valence-electron chi connectivity index (χ4n) is 12.4. The van der Waals surface area contributed by atoms with Crippen molar-refractivity contribution in [3.63, 3.8) is 0 Å². The zero-order chi connectivity index (χ0) is 53.5. The molecule has 4 heterocycles. The number of aromatic nitrogens is 4. The van der Waals surface area contributed by atoms with Gasteiger partial charge in [-0.25, -0.2) is 15.0 Å². The molecule has 2 aliphatic rings. The zero-order valence-electron chi connectivity index (χ0n) is 44.7. The molecule has 11 aromatic carbocycles. The number of rotatable bonds is 8. The Balaban J connectivity index is 0.993. The van der Waals surface area contributed by atoms with Crippen molar-refractivity contribution in [3.8, 4) is 62.1 Å². The molecule has 0 amide bonds. The molecule has 15 rings (SSSR count). The minimum absolute atomic E-state index is 0.0187. The molecule has 0 fully saturated rings. The first-order chi connectivity index (χ1) is 39.3. The lowest BCUT2D eigenvalue weighted by atomic mass is 9.33. The van der Waals surface area contributed by atoms with Crippen LogP contribution in [0.15, 0.2) is 267 Å². The second kappa shape index (κ2) is 18.8. The normalized spacial score (nSPS) is 12.6. The van der Waals surface area contributed by atoms with E-state index >= 15 is 0 Å². The van der Waals surface area contributed by atoms with Crippen molar-refractivity contribution in [2.24, 2.45) is 0 Å². The van der Waals surface area contributed by atoms with Crippen LogP contribution in [0.5, 0.6) is 0 Å². The Hall–Kier alpha value is -10.1. The molecule has 0 saturated carbocycles. The van der Waals surface area contributed by atoms with Gasteiger partial charge >= 0.3 is 0 Å². The molecule has 6 nitrogen and oxygen atoms in total. The number of hydrogen-bond acceptors (Lipinski definition) is 5. The standard InChI is InChI=1S/C73H53BN6/c1-73(2,3)53-40-43-64-59(47-53)57-33-16-19-36-62(57)80(64)63-42-39-52(72-76-70(48-23-8-4-9-24-48)75-71(77-72)49-25-10-5-11-26-49)46-58(63)51-28-22-27-50(45-51)56-41-44-67-68-69(56)79(55-31-14-7-15-32-55)66-38-21-18-35-61(66)74(68)60-34-17-20-37-65(60)78(67)54-29-12-6-13-30-54/h4-47H,1-3H3. The molecule has 0 aliphatic carbocycles. The summed E-state index contributed by atoms with van der Waals surface area (Å²) in [5.41, 5.74) is 22.5. The average Bonchev–Trinajstić information content (AvgIpc) is 3.91. The van der Waals surface area contributed by atoms with Crippen LogP contribution in [0.4, 0.5) is 34.1 Å². The van der Waals surface area contributed by atoms with E-state index in [1.54, 1.807) is 0 Å². The van der Waals surface area contributed by atoms with E-state index in [0.29, 0.717) is 17.5 Å². The summed E-state index contributed by atoms with van der Waals surface area (Å²) in [6.07, 6.45) is 0. The zero-order valence-corrected chi connectivity index (χ0v) is 44.7. The van der Waals surface area contributed by atoms with Crippen LogP contribution in [0.1, 0.15) is 26.3 Å². The van der Waals surface area contributed by atoms with Crippen LogP contribution >= 0.6 is 0 Å². The number of benzene rings is 11. The van der Waals surface area contributed by atoms with Crippen molar-refractivity contribution in [2.75, 3.05) is 9.80 Å². The summed E-state index contributed by atoms with van der Waals surface area (Å²) in [6.45, 7) is 6.85. The third-order valence-electron chi connectivity index (χ3n) is 16.2. The molecule has 13 aromatic rings. The van der Waals surface area contributed by atoms with Gasteiger partial charge in [-0.1, -0.05) is 203 Å². The summed E-state index contributed by atoms with van der Waals surface area (Å²) < 4.78 is 2.46. The predicted octanol–water partition coefficient (Wildman–Crippen LogP) is 16.7. The largest absolute Gasteiger partial charge is 0.311 e. The van der Waals surface area contributed by atoms with Crippen LogP contribution in [0, 0.1) is 0 Å². The molecule has 0 atom stereocenters. The van der Waals surface area contributed by atoms with Crippen molar-refractivity contribution >= 4 is 79.0 Å². The highest BCUT2D eigenvalue weighted by molar-refractivity contribution is 7.00. The van der Waals surface area contributed by atoms with Gasteiger partial charge in [-0.05, 0) is 123 Å². The van der Waals surface area contributed by atoms with Crippen molar-refractivity contribution < 1.29 is 0 Å². The van der Waals surface area contributed by atoms with Crippen LogP contribution in [0.3, 0.4) is 0 Å². The fraction of sp³-hybridized carbons (Fsp3) is 0.0548. The SMILES string of the molecule is CC(C)(C)c1ccc2c(c1)c1ccccc1n2-c1ccc(-c2nc(-c3ccccc3)nc(-c3ccccc3)n2)cc1-c1cccc(-c2ccc3c4c2N(c2ccccc2)c2ccccc2B4c2ccccc2N3c2ccccc2)c1. The summed E-state index contributed by atoms with van der Waals surface area (Å²) in [5, 5.41) is 2.44. The van der Waals surface area contributed by atoms with Crippen LogP contribution in [-0.4, -0.2) is 26.2 Å². The number of para-hydroxylation sites is 5. The van der Waals surface area contributed by atoms with Crippen molar-refractivity contribution in [1.82, 2.24) is 19.5 Å². The fourth-order valence-corrected chi connectivity index (χ4v) is 12.4. The Kier molecular flexibility index (Phi) is 11.1. The first kappa shape index (κ1) is 47.1. The summed E-state index contributed by atoms with van der Waals surface area (Å²) >= 11 is 0. The smallest absolute Gasteiger partial charge is 0.252 e. The molecule has 2 aliphatic heterocycles. The maximum Gasteiger partial charge on any atom is 0.252 e. The number of hydrogen-bond donors (Lipinski definition) is 0. The van der Waals surface area contributed by atoms with Gasteiger partial charge in [0.1, 0.15) is 0 Å². The maximum absolute atomic E-state index is 5.26. The van der Waals surface area contributed by atoms with E-state index in [2.05, 4.69) is 266 Å². The van der Waals surface area contributed by atoms with Gasteiger partial charge in [0, 0.05) is 67.0 Å². The van der Waals surface area contributed by atoms with Crippen molar-refractivity contribution in [3.05, 3.63) is 272 Å². The lowest BCUT2D eigenvalue weighted by molar-refractivity contribution is 0.591. The van der Waals surface area contributed by atoms with E-state index < -0.39 is 0 Å². The number of anilines is 6. The van der Waals surface area contributed by atoms with Crippen LogP contribution in [0.25, 0.3) is 83.9 Å². The molecule has 0 bridgehead atoms. The highest BCUT2D eigenvalue weighted by Gasteiger charge is 2.44. The Morgan fingerprint density at radius 1 is 0.338 bits per heavy atom. The third kappa shape index (κ3) is 7.76. The summed E-state index contributed by atoms with van der Waals surface area (Å²) in [5.74, 6) is 1.85. The second-order valence-electron chi connectivity index (χ2n) is 22.0. The Morgan fingerprint density at radius 2 is 0.838 bits per heavy atom. The monoisotopic (exact) mass is 1020 g/mol. The van der Waals surface area contributed by atoms with Gasteiger partial charge < -0.3 is 14.4 Å². The lowest BCUT2D eigenvalue weighted by Gasteiger charge is -2.45. The highest BCUT2D eigenvalue weighted by atomic mass is 15.2. The minimum atomic E-state index is -0.0240. The number of fused-ring (bicyclic) bond motifs is 7. The topological polar surface area (TPSA) is 50.1 Å². The van der Waals surface area contributed by atoms with Gasteiger partial charge in [0.2, 0.25) is 0 Å². The van der Waals surface area contributed by atoms with Gasteiger partial charge in [0.15, 0.2) is 17.5 Å².